The highest BCUT2D eigenvalue weighted by atomic mass is 16.1. The number of dihydropyridines is 1. The van der Waals surface area contributed by atoms with Gasteiger partial charge in [-0.2, -0.15) is 0 Å². The predicted molar refractivity (Wildman–Crippen MR) is 51.3 cm³/mol. The van der Waals surface area contributed by atoms with E-state index in [4.69, 9.17) is 0 Å². The number of hydrogen-bond donors (Lipinski definition) is 3. The van der Waals surface area contributed by atoms with Gasteiger partial charge in [-0.3, -0.25) is 10.1 Å². The molecule has 1 radical (unpaired) electrons. The standard InChI is InChI=1S/C9H14N3O/c1-3-11-9(13)7-5-4-6-12-8(7)10-2/h4-6,10,12H,3H2,1-2H3,(H,11,13). The van der Waals surface area contributed by atoms with Crippen LogP contribution in [0.4, 0.5) is 0 Å². The summed E-state index contributed by atoms with van der Waals surface area (Å²) in [7, 11) is 1.77. The lowest BCUT2D eigenvalue weighted by Gasteiger charge is -2.20. The van der Waals surface area contributed by atoms with Crippen LogP contribution >= 0.6 is 0 Å². The third-order valence-electron chi connectivity index (χ3n) is 1.69. The van der Waals surface area contributed by atoms with E-state index in [9.17, 15) is 4.79 Å². The van der Waals surface area contributed by atoms with E-state index >= 15 is 0 Å². The van der Waals surface area contributed by atoms with E-state index < -0.39 is 0 Å². The molecular weight excluding hydrogens is 166 g/mol. The SMILES string of the molecule is CCNC(=O)C1=CC=CN[C]1NC. The second-order valence-corrected chi connectivity index (χ2v) is 2.57. The Balaban J connectivity index is 2.68. The Morgan fingerprint density at radius 1 is 1.62 bits per heavy atom. The molecule has 0 spiro atoms. The van der Waals surface area contributed by atoms with Crippen LogP contribution in [-0.2, 0) is 4.79 Å². The lowest BCUT2D eigenvalue weighted by atomic mass is 10.1. The molecule has 0 saturated heterocycles. The molecule has 71 valence electrons. The average molecular weight is 180 g/mol. The zero-order valence-electron chi connectivity index (χ0n) is 7.85. The number of carbonyl (C=O) groups is 1. The van der Waals surface area contributed by atoms with Crippen LogP contribution in [0.5, 0.6) is 0 Å². The number of hydrogen-bond acceptors (Lipinski definition) is 3. The molecule has 0 aliphatic carbocycles. The molecule has 0 atom stereocenters. The van der Waals surface area contributed by atoms with Crippen molar-refractivity contribution in [3.63, 3.8) is 0 Å². The van der Waals surface area contributed by atoms with Crippen LogP contribution in [-0.4, -0.2) is 19.5 Å². The molecule has 1 amide bonds. The van der Waals surface area contributed by atoms with Gasteiger partial charge < -0.3 is 10.6 Å². The summed E-state index contributed by atoms with van der Waals surface area (Å²) in [6, 6.07) is 0. The Morgan fingerprint density at radius 3 is 3.00 bits per heavy atom. The number of rotatable bonds is 3. The van der Waals surface area contributed by atoms with Gasteiger partial charge >= 0.3 is 0 Å². The summed E-state index contributed by atoms with van der Waals surface area (Å²) in [5.74, 6) is -0.0660. The van der Waals surface area contributed by atoms with Gasteiger partial charge in [-0.15, -0.1) is 0 Å². The van der Waals surface area contributed by atoms with Gasteiger partial charge in [0.2, 0.25) is 0 Å². The van der Waals surface area contributed by atoms with Gasteiger partial charge in [0.05, 0.1) is 5.57 Å². The highest BCUT2D eigenvalue weighted by Crippen LogP contribution is 2.10. The lowest BCUT2D eigenvalue weighted by Crippen LogP contribution is -2.38. The topological polar surface area (TPSA) is 53.2 Å². The molecule has 0 fully saturated rings. The minimum Gasteiger partial charge on any atom is -0.366 e. The fraction of sp³-hybridized carbons (Fsp3) is 0.333. The van der Waals surface area contributed by atoms with Crippen molar-refractivity contribution in [2.45, 2.75) is 6.92 Å². The fourth-order valence-corrected chi connectivity index (χ4v) is 1.09. The van der Waals surface area contributed by atoms with Gasteiger partial charge in [0.25, 0.3) is 5.91 Å². The zero-order valence-corrected chi connectivity index (χ0v) is 7.85. The predicted octanol–water partition coefficient (Wildman–Crippen LogP) is -0.125. The molecule has 1 aliphatic rings. The van der Waals surface area contributed by atoms with E-state index in [1.807, 2.05) is 6.92 Å². The summed E-state index contributed by atoms with van der Waals surface area (Å²) in [5, 5.41) is 8.61. The van der Waals surface area contributed by atoms with Crippen molar-refractivity contribution in [2.75, 3.05) is 13.6 Å². The molecular formula is C9H14N3O. The van der Waals surface area contributed by atoms with Crippen molar-refractivity contribution in [1.82, 2.24) is 16.0 Å². The average Bonchev–Trinajstić information content (AvgIpc) is 2.18. The van der Waals surface area contributed by atoms with Gasteiger partial charge in [0.15, 0.2) is 6.17 Å². The van der Waals surface area contributed by atoms with Gasteiger partial charge in [-0.25, -0.2) is 0 Å². The van der Waals surface area contributed by atoms with E-state index in [-0.39, 0.29) is 5.91 Å². The number of nitrogens with one attached hydrogen (secondary N) is 3. The second kappa shape index (κ2) is 4.67. The van der Waals surface area contributed by atoms with Gasteiger partial charge in [-0.05, 0) is 32.3 Å². The van der Waals surface area contributed by atoms with Crippen molar-refractivity contribution in [1.29, 1.82) is 0 Å². The normalized spacial score (nSPS) is 16.3. The molecule has 0 saturated carbocycles. The number of carbonyl (C=O) groups excluding carboxylic acids is 1. The fourth-order valence-electron chi connectivity index (χ4n) is 1.09. The summed E-state index contributed by atoms with van der Waals surface area (Å²) >= 11 is 0. The quantitative estimate of drug-likeness (QED) is 0.567. The minimum atomic E-state index is -0.0660. The molecule has 13 heavy (non-hydrogen) atoms. The van der Waals surface area contributed by atoms with Crippen LogP contribution in [0.25, 0.3) is 0 Å². The maximum Gasteiger partial charge on any atom is 0.251 e. The van der Waals surface area contributed by atoms with Crippen LogP contribution in [0, 0.1) is 6.17 Å². The highest BCUT2D eigenvalue weighted by Gasteiger charge is 2.20. The summed E-state index contributed by atoms with van der Waals surface area (Å²) in [6.45, 7) is 2.53. The summed E-state index contributed by atoms with van der Waals surface area (Å²) in [5.41, 5.74) is 0.631. The third-order valence-corrected chi connectivity index (χ3v) is 1.69. The Morgan fingerprint density at radius 2 is 2.38 bits per heavy atom. The highest BCUT2D eigenvalue weighted by molar-refractivity contribution is 5.97. The first-order valence-electron chi connectivity index (χ1n) is 4.26. The van der Waals surface area contributed by atoms with E-state index in [2.05, 4.69) is 16.0 Å². The van der Waals surface area contributed by atoms with E-state index in [0.717, 1.165) is 6.17 Å². The Kier molecular flexibility index (Phi) is 3.52. The van der Waals surface area contributed by atoms with Gasteiger partial charge in [0, 0.05) is 6.54 Å². The molecule has 1 aliphatic heterocycles. The maximum atomic E-state index is 11.5. The Labute approximate surface area is 78.1 Å². The van der Waals surface area contributed by atoms with Crippen molar-refractivity contribution >= 4 is 5.91 Å². The van der Waals surface area contributed by atoms with Crippen LogP contribution in [0.3, 0.4) is 0 Å². The van der Waals surface area contributed by atoms with Crippen LogP contribution in [0.2, 0.25) is 0 Å². The summed E-state index contributed by atoms with van der Waals surface area (Å²) in [4.78, 5) is 11.5. The molecule has 1 rings (SSSR count). The van der Waals surface area contributed by atoms with Crippen molar-refractivity contribution in [3.05, 3.63) is 30.1 Å². The maximum absolute atomic E-state index is 11.5. The van der Waals surface area contributed by atoms with E-state index in [0.29, 0.717) is 12.1 Å². The second-order valence-electron chi connectivity index (χ2n) is 2.57. The number of likely N-dealkylation sites (N-methyl/N-ethyl adjacent to an activating group) is 2. The first-order chi connectivity index (χ1) is 6.29. The molecule has 0 aromatic heterocycles. The van der Waals surface area contributed by atoms with Crippen LogP contribution < -0.4 is 16.0 Å². The zero-order chi connectivity index (χ0) is 9.68. The van der Waals surface area contributed by atoms with Crippen molar-refractivity contribution in [3.8, 4) is 0 Å². The lowest BCUT2D eigenvalue weighted by molar-refractivity contribution is -0.117. The van der Waals surface area contributed by atoms with Gasteiger partial charge in [0.1, 0.15) is 0 Å². The molecule has 1 heterocycles. The van der Waals surface area contributed by atoms with Crippen molar-refractivity contribution in [2.24, 2.45) is 0 Å². The monoisotopic (exact) mass is 180 g/mol. The Bertz CT molecular complexity index is 245. The minimum absolute atomic E-state index is 0.0660. The molecule has 4 nitrogen and oxygen atoms in total. The van der Waals surface area contributed by atoms with E-state index in [1.165, 1.54) is 0 Å². The van der Waals surface area contributed by atoms with Crippen LogP contribution in [0.1, 0.15) is 6.92 Å². The number of amides is 1. The first kappa shape index (κ1) is 9.80. The molecule has 3 N–H and O–H groups in total. The third kappa shape index (κ3) is 2.32. The first-order valence-corrected chi connectivity index (χ1v) is 4.26. The molecule has 0 aromatic carbocycles. The largest absolute Gasteiger partial charge is 0.366 e. The van der Waals surface area contributed by atoms with E-state index in [1.54, 1.807) is 25.4 Å². The van der Waals surface area contributed by atoms with Crippen molar-refractivity contribution < 1.29 is 4.79 Å². The summed E-state index contributed by atoms with van der Waals surface area (Å²) in [6.07, 6.45) is 6.07. The number of allylic oxidation sites excluding steroid dienone is 2. The van der Waals surface area contributed by atoms with Gasteiger partial charge in [-0.1, -0.05) is 0 Å². The Hall–Kier alpha value is -1.29. The summed E-state index contributed by atoms with van der Waals surface area (Å²) < 4.78 is 0. The molecule has 4 heteroatoms. The smallest absolute Gasteiger partial charge is 0.251 e. The molecule has 0 aromatic rings. The molecule has 0 bridgehead atoms. The van der Waals surface area contributed by atoms with Crippen LogP contribution in [0.15, 0.2) is 23.9 Å². The molecule has 0 unspecified atom stereocenters.